The number of rotatable bonds is 12. The Morgan fingerprint density at radius 2 is 1.67 bits per heavy atom. The lowest BCUT2D eigenvalue weighted by atomic mass is 10.1. The summed E-state index contributed by atoms with van der Waals surface area (Å²) in [5.74, 6) is 2.79. The maximum absolute atomic E-state index is 10.7. The van der Waals surface area contributed by atoms with Gasteiger partial charge in [-0.1, -0.05) is 57.6 Å². The van der Waals surface area contributed by atoms with Crippen molar-refractivity contribution in [2.45, 2.75) is 58.3 Å². The number of unbranched alkanes of at least 4 members (excludes halogenated alkanes) is 7. The van der Waals surface area contributed by atoms with Gasteiger partial charge in [0.1, 0.15) is 11.2 Å². The summed E-state index contributed by atoms with van der Waals surface area (Å²) in [6.45, 7) is 2.22. The molecule has 0 aliphatic carbocycles. The van der Waals surface area contributed by atoms with Gasteiger partial charge in [-0.2, -0.15) is 5.90 Å². The number of hydrogen-bond donors (Lipinski definition) is 1. The van der Waals surface area contributed by atoms with Gasteiger partial charge in [0, 0.05) is 4.21 Å². The molecule has 18 heavy (non-hydrogen) atoms. The second-order valence-corrected chi connectivity index (χ2v) is 5.48. The Labute approximate surface area is 111 Å². The van der Waals surface area contributed by atoms with Crippen LogP contribution in [0.15, 0.2) is 12.2 Å². The molecule has 0 spiro atoms. The molecule has 0 saturated heterocycles. The summed E-state index contributed by atoms with van der Waals surface area (Å²) in [7, 11) is -3.89. The molecule has 5 nitrogen and oxygen atoms in total. The van der Waals surface area contributed by atoms with Crippen LogP contribution in [0.25, 0.3) is 0 Å². The molecular weight excluding hydrogens is 254 g/mol. The Morgan fingerprint density at radius 1 is 1.06 bits per heavy atom. The summed E-state index contributed by atoms with van der Waals surface area (Å²) in [5.41, 5.74) is 0. The van der Waals surface area contributed by atoms with Gasteiger partial charge >= 0.3 is 10.8 Å². The van der Waals surface area contributed by atoms with Crippen molar-refractivity contribution < 1.29 is 23.1 Å². The number of hydrogen-bond acceptors (Lipinski definition) is 3. The lowest BCUT2D eigenvalue weighted by Gasteiger charge is -1.98. The molecule has 0 bridgehead atoms. The molecule has 107 valence electrons. The molecule has 1 atom stereocenters. The van der Waals surface area contributed by atoms with Crippen LogP contribution in [0.1, 0.15) is 58.3 Å². The Balaban J connectivity index is 3.26. The van der Waals surface area contributed by atoms with Crippen molar-refractivity contribution in [2.24, 2.45) is 0 Å². The van der Waals surface area contributed by atoms with E-state index in [1.54, 1.807) is 6.08 Å². The lowest BCUT2D eigenvalue weighted by molar-refractivity contribution is -0.640. The van der Waals surface area contributed by atoms with Crippen molar-refractivity contribution in [3.8, 4) is 0 Å². The largest absolute Gasteiger partial charge is 0.597 e. The van der Waals surface area contributed by atoms with Gasteiger partial charge in [0.25, 0.3) is 0 Å². The van der Waals surface area contributed by atoms with Crippen LogP contribution in [0.4, 0.5) is 0 Å². The summed E-state index contributed by atoms with van der Waals surface area (Å²) in [5, 5.41) is 0. The first-order valence-corrected chi connectivity index (χ1v) is 7.93. The molecule has 0 aliphatic heterocycles. The van der Waals surface area contributed by atoms with E-state index in [1.165, 1.54) is 38.5 Å². The average molecular weight is 280 g/mol. The highest BCUT2D eigenvalue weighted by Crippen LogP contribution is 2.08. The van der Waals surface area contributed by atoms with E-state index in [9.17, 15) is 8.76 Å². The topological polar surface area (TPSA) is 83.1 Å². The summed E-state index contributed by atoms with van der Waals surface area (Å²) in [6, 6.07) is 0. The maximum atomic E-state index is 10.7. The van der Waals surface area contributed by atoms with E-state index in [0.717, 1.165) is 12.8 Å². The standard InChI is InChI=1S/C12H26NO4S/c1-2-3-4-5-6-7-8-9-10-11-12-16-18(14,15)17-13/h10-11H,2-9,12H2,1,13H3/q+2/b11-10+. The van der Waals surface area contributed by atoms with Crippen LogP contribution in [0.3, 0.4) is 0 Å². The van der Waals surface area contributed by atoms with Gasteiger partial charge in [-0.3, -0.25) is 0 Å². The molecule has 0 aromatic rings. The Morgan fingerprint density at radius 3 is 2.28 bits per heavy atom. The van der Waals surface area contributed by atoms with E-state index in [2.05, 4.69) is 21.3 Å². The third-order valence-electron chi connectivity index (χ3n) is 2.59. The smallest absolute Gasteiger partial charge is 0.155 e. The Bertz CT molecular complexity index is 258. The van der Waals surface area contributed by atoms with Crippen molar-refractivity contribution in [1.82, 2.24) is 0 Å². The first-order chi connectivity index (χ1) is 8.62. The zero-order valence-electron chi connectivity index (χ0n) is 11.3. The van der Waals surface area contributed by atoms with Crippen LogP contribution < -0.4 is 5.90 Å². The SMILES string of the molecule is CCCCCCCCC/C=C/CO[S+]([O])(=O)O[NH3+]. The van der Waals surface area contributed by atoms with Gasteiger partial charge in [0.05, 0.1) is 4.28 Å². The first kappa shape index (κ1) is 17.7. The van der Waals surface area contributed by atoms with E-state index in [-0.39, 0.29) is 6.61 Å². The zero-order valence-corrected chi connectivity index (χ0v) is 12.1. The highest BCUT2D eigenvalue weighted by molar-refractivity contribution is 7.88. The predicted octanol–water partition coefficient (Wildman–Crippen LogP) is 2.55. The summed E-state index contributed by atoms with van der Waals surface area (Å²) in [4.78, 5) is 0. The highest BCUT2D eigenvalue weighted by Gasteiger charge is 2.34. The van der Waals surface area contributed by atoms with Crippen molar-refractivity contribution in [1.29, 1.82) is 0 Å². The van der Waals surface area contributed by atoms with Crippen molar-refractivity contribution in [3.63, 3.8) is 0 Å². The molecule has 6 heteroatoms. The fourth-order valence-electron chi connectivity index (χ4n) is 1.56. The summed E-state index contributed by atoms with van der Waals surface area (Å²) >= 11 is 0. The third-order valence-corrected chi connectivity index (χ3v) is 3.31. The monoisotopic (exact) mass is 280 g/mol. The molecule has 0 heterocycles. The Kier molecular flexibility index (Phi) is 11.6. The minimum absolute atomic E-state index is 0.00829. The first-order valence-electron chi connectivity index (χ1n) is 6.60. The molecule has 0 amide bonds. The van der Waals surface area contributed by atoms with Gasteiger partial charge in [-0.25, -0.2) is 0 Å². The molecule has 0 aromatic carbocycles. The molecular formula is C12H26NO4S+2. The maximum Gasteiger partial charge on any atom is 0.597 e. The molecule has 0 saturated carbocycles. The quantitative estimate of drug-likeness (QED) is 0.258. The van der Waals surface area contributed by atoms with Crippen LogP contribution in [0.2, 0.25) is 0 Å². The highest BCUT2D eigenvalue weighted by atomic mass is 32.3. The van der Waals surface area contributed by atoms with Gasteiger partial charge in [0.2, 0.25) is 0 Å². The van der Waals surface area contributed by atoms with Crippen LogP contribution >= 0.6 is 0 Å². The van der Waals surface area contributed by atoms with E-state index >= 15 is 0 Å². The fraction of sp³-hybridized carbons (Fsp3) is 0.833. The predicted molar refractivity (Wildman–Crippen MR) is 70.4 cm³/mol. The minimum Gasteiger partial charge on any atom is -0.155 e. The Hall–Kier alpha value is -0.270. The molecule has 1 radical (unpaired) electrons. The molecule has 0 rings (SSSR count). The average Bonchev–Trinajstić information content (AvgIpc) is 2.36. The normalized spacial score (nSPS) is 15.1. The van der Waals surface area contributed by atoms with Crippen molar-refractivity contribution in [2.75, 3.05) is 6.61 Å². The van der Waals surface area contributed by atoms with Gasteiger partial charge in [-0.05, 0) is 12.8 Å². The summed E-state index contributed by atoms with van der Waals surface area (Å²) in [6.07, 6.45) is 13.5. The van der Waals surface area contributed by atoms with Gasteiger partial charge < -0.3 is 0 Å². The van der Waals surface area contributed by atoms with Crippen molar-refractivity contribution >= 4 is 10.8 Å². The van der Waals surface area contributed by atoms with Crippen LogP contribution in [-0.4, -0.2) is 6.61 Å². The molecule has 0 aromatic heterocycles. The minimum atomic E-state index is -3.89. The van der Waals surface area contributed by atoms with E-state index in [4.69, 9.17) is 0 Å². The number of allylic oxidation sites excluding steroid dienone is 1. The summed E-state index contributed by atoms with van der Waals surface area (Å²) < 4.78 is 29.8. The molecule has 3 N–H and O–H groups in total. The van der Waals surface area contributed by atoms with Gasteiger partial charge in [-0.15, -0.1) is 4.18 Å². The zero-order chi connectivity index (χ0) is 13.7. The molecule has 0 fully saturated rings. The lowest BCUT2D eigenvalue weighted by Crippen LogP contribution is -2.53. The fourth-order valence-corrected chi connectivity index (χ4v) is 1.88. The van der Waals surface area contributed by atoms with E-state index < -0.39 is 10.8 Å². The van der Waals surface area contributed by atoms with E-state index in [0.29, 0.717) is 0 Å². The van der Waals surface area contributed by atoms with Crippen molar-refractivity contribution in [3.05, 3.63) is 12.2 Å². The molecule has 1 unspecified atom stereocenters. The second-order valence-electron chi connectivity index (χ2n) is 4.19. The second kappa shape index (κ2) is 11.8. The third kappa shape index (κ3) is 12.2. The van der Waals surface area contributed by atoms with Gasteiger partial charge in [0.15, 0.2) is 0 Å². The van der Waals surface area contributed by atoms with Crippen LogP contribution in [0.5, 0.6) is 0 Å². The number of quaternary nitrogens is 1. The van der Waals surface area contributed by atoms with Crippen LogP contribution in [0, 0.1) is 0 Å². The van der Waals surface area contributed by atoms with E-state index in [1.807, 2.05) is 6.08 Å². The van der Waals surface area contributed by atoms with Crippen LogP contribution in [-0.2, 0) is 28.0 Å². The molecule has 0 aliphatic rings.